The predicted molar refractivity (Wildman–Crippen MR) is 487 cm³/mol. The maximum Gasteiger partial charge on any atom is 0.318 e. The number of amides is 5. The molecule has 6 fully saturated rings. The molecule has 129 heavy (non-hydrogen) atoms. The number of fused-ring (bicyclic) bond motifs is 5. The van der Waals surface area contributed by atoms with Crippen LogP contribution in [0, 0.1) is 34.0 Å². The number of nitrogens with zero attached hydrogens (tertiary/aromatic N) is 22. The van der Waals surface area contributed by atoms with Crippen LogP contribution < -0.4 is 28.9 Å². The minimum Gasteiger partial charge on any atom is -0.508 e. The number of ether oxygens (including phenoxy) is 3. The van der Waals surface area contributed by atoms with Crippen LogP contribution >= 0.6 is 15.9 Å². The molecule has 33 heteroatoms. The lowest BCUT2D eigenvalue weighted by molar-refractivity contribution is -0.129. The van der Waals surface area contributed by atoms with Gasteiger partial charge in [0, 0.05) is 134 Å². The number of carbonyl (C=O) groups excluding carboxylic acids is 5. The lowest BCUT2D eigenvalue weighted by Crippen LogP contribution is -2.55. The third kappa shape index (κ3) is 18.2. The first-order valence-corrected chi connectivity index (χ1v) is 45.1. The van der Waals surface area contributed by atoms with Gasteiger partial charge in [-0.3, -0.25) is 33.9 Å². The van der Waals surface area contributed by atoms with E-state index in [1.54, 1.807) is 55.0 Å². The molecule has 0 bridgehead atoms. The Kier molecular flexibility index (Phi) is 26.3. The minimum absolute atomic E-state index is 0.0571. The first-order chi connectivity index (χ1) is 62.7. The van der Waals surface area contributed by atoms with E-state index in [0.29, 0.717) is 157 Å². The summed E-state index contributed by atoms with van der Waals surface area (Å²) in [6, 6.07) is 35.9. The van der Waals surface area contributed by atoms with Crippen molar-refractivity contribution >= 4 is 95.4 Å². The predicted octanol–water partition coefficient (Wildman–Crippen LogP) is 10.2. The Morgan fingerprint density at radius 1 is 0.481 bits per heavy atom. The summed E-state index contributed by atoms with van der Waals surface area (Å²) in [7, 11) is 6.31. The van der Waals surface area contributed by atoms with Gasteiger partial charge in [0.2, 0.25) is 17.7 Å². The maximum absolute atomic E-state index is 14.0. The molecule has 5 amide bonds. The zero-order chi connectivity index (χ0) is 89.8. The molecule has 5 aromatic carbocycles. The average Bonchev–Trinajstić information content (AvgIpc) is 1.59. The van der Waals surface area contributed by atoms with Gasteiger partial charge in [0.15, 0.2) is 0 Å². The zero-order valence-corrected chi connectivity index (χ0v) is 74.5. The zero-order valence-electron chi connectivity index (χ0n) is 72.9. The van der Waals surface area contributed by atoms with Gasteiger partial charge in [-0.1, -0.05) is 84.2 Å². The largest absolute Gasteiger partial charge is 0.508 e. The van der Waals surface area contributed by atoms with Crippen LogP contribution in [-0.2, 0) is 60.1 Å². The molecule has 6 saturated heterocycles. The second-order valence-corrected chi connectivity index (χ2v) is 35.6. The van der Waals surface area contributed by atoms with E-state index in [4.69, 9.17) is 44.1 Å². The number of aromatic hydroxyl groups is 2. The van der Waals surface area contributed by atoms with Crippen molar-refractivity contribution in [3.63, 3.8) is 0 Å². The summed E-state index contributed by atoms with van der Waals surface area (Å²) in [4.78, 5) is 123. The quantitative estimate of drug-likeness (QED) is 0.0631. The van der Waals surface area contributed by atoms with E-state index in [-0.39, 0.29) is 116 Å². The molecule has 1 unspecified atom stereocenters. The number of phenolic OH excluding ortho intramolecular Hbond substituents is 2. The van der Waals surface area contributed by atoms with E-state index < -0.39 is 0 Å². The Hall–Kier alpha value is -13.0. The van der Waals surface area contributed by atoms with E-state index in [9.17, 15) is 50.0 Å². The molecular weight excluding hydrogens is 1700 g/mol. The standard InChI is InChI=1S/C33H37N7O3.C32H35N7O4.C31H33BrN8O3/c1-3-30(42)40-13-12-38(17-23(40)9-10-34)32-27-18-39(19-28(27)35-33(36-32)43-20-24-8-5-11-37(24)2)29-15-22-7-4-6-21-14-25(41)16-26(29)31(21)22;1-3-28(41)39-16-15-37(17-22(39)12-13-33)30-25-18-38(31(42)24-10-4-7-21-8-5-11-27(40)29(21)24)19-26(25)34-32(35-30)43-20-23-9-6-14-36(23)2;1-3-27(41)40-15-14-38(16-20(40)9-11-33)29-23-17-39(30(42)22-10-12-34-25-8-4-7-24(32)28(22)25)18-26(23)35-31(36-29)43-19-21-6-5-13-37(21)2/h3-4,6-7,14,16,23-24,29,41H,1,5,8-9,11-13,15,17-20H2,2H3;3-5,7-8,10-11,22-23,40H,1,6,9,12,14-20H2,2H3;3-4,7-8,10,12,20-21H,1,5-6,9,13-19H2,2H3/t23-,24-,29?;22-,23-;20-,21-/m000/s1. The van der Waals surface area contributed by atoms with Crippen molar-refractivity contribution in [1.82, 2.24) is 79.0 Å². The number of rotatable bonds is 21. The van der Waals surface area contributed by atoms with Crippen LogP contribution in [0.2, 0.25) is 0 Å². The number of aromatic nitrogens is 7. The maximum atomic E-state index is 14.0. The highest BCUT2D eigenvalue weighted by Gasteiger charge is 2.43. The van der Waals surface area contributed by atoms with E-state index in [1.807, 2.05) is 48.5 Å². The Labute approximate surface area is 757 Å². The highest BCUT2D eigenvalue weighted by atomic mass is 79.9. The number of likely N-dealkylation sites (tertiary alicyclic amines) is 3. The van der Waals surface area contributed by atoms with Crippen molar-refractivity contribution in [3.05, 3.63) is 196 Å². The van der Waals surface area contributed by atoms with Crippen molar-refractivity contribution in [2.45, 2.75) is 146 Å². The molecule has 0 radical (unpaired) electrons. The van der Waals surface area contributed by atoms with Gasteiger partial charge in [-0.15, -0.1) is 0 Å². The van der Waals surface area contributed by atoms with Gasteiger partial charge >= 0.3 is 18.0 Å². The smallest absolute Gasteiger partial charge is 0.318 e. The number of carbonyl (C=O) groups is 5. The first kappa shape index (κ1) is 88.1. The molecule has 2 N–H and O–H groups in total. The molecule has 32 nitrogen and oxygen atoms in total. The number of nitriles is 3. The number of pyridine rings is 1. The second-order valence-electron chi connectivity index (χ2n) is 34.8. The van der Waals surface area contributed by atoms with Crippen molar-refractivity contribution in [2.75, 3.05) is 134 Å². The lowest BCUT2D eigenvalue weighted by atomic mass is 10.0. The fourth-order valence-corrected chi connectivity index (χ4v) is 20.8. The Morgan fingerprint density at radius 3 is 1.37 bits per heavy atom. The van der Waals surface area contributed by atoms with Crippen LogP contribution in [-0.4, -0.2) is 274 Å². The molecule has 1 aliphatic carbocycles. The number of benzene rings is 5. The highest BCUT2D eigenvalue weighted by molar-refractivity contribution is 9.10. The van der Waals surface area contributed by atoms with Gasteiger partial charge in [0.1, 0.15) is 48.8 Å². The number of anilines is 3. The molecule has 10 aliphatic rings. The SMILES string of the molecule is C=CC(=O)N1CCN(c2nc(OC[C@@H]3CCCN3C)nc3c2CN(C(=O)c2cccc4cccc(O)c24)C3)C[C@@H]1CC#N.C=CC(=O)N1CCN(c2nc(OC[C@@H]3CCCN3C)nc3c2CN(C(=O)c2ccnc4cccc(Br)c24)C3)C[C@@H]1CC#N.C=CC(=O)N1CCN(c2nc(OC[C@@H]3CCCN3C)nc3c2CN(C2Cc4cccc5cc(O)cc2c45)C3)C[C@@H]1CC#N. The van der Waals surface area contributed by atoms with Gasteiger partial charge in [0.05, 0.1) is 116 Å². The van der Waals surface area contributed by atoms with E-state index in [0.717, 1.165) is 130 Å². The molecule has 0 spiro atoms. The molecule has 666 valence electrons. The third-order valence-electron chi connectivity index (χ3n) is 27.1. The van der Waals surface area contributed by atoms with Gasteiger partial charge in [-0.05, 0) is 174 Å². The number of phenols is 2. The Balaban J connectivity index is 0.000000136. The topological polar surface area (TPSA) is 354 Å². The summed E-state index contributed by atoms with van der Waals surface area (Å²) in [5.74, 6) is 1.63. The Morgan fingerprint density at radius 2 is 0.915 bits per heavy atom. The highest BCUT2D eigenvalue weighted by Crippen LogP contribution is 2.47. The molecule has 13 heterocycles. The summed E-state index contributed by atoms with van der Waals surface area (Å²) in [5.41, 5.74) is 9.32. The van der Waals surface area contributed by atoms with Crippen molar-refractivity contribution in [1.29, 1.82) is 15.8 Å². The lowest BCUT2D eigenvalue weighted by Gasteiger charge is -2.41. The third-order valence-corrected chi connectivity index (χ3v) is 27.8. The summed E-state index contributed by atoms with van der Waals surface area (Å²) in [6.07, 6.45) is 13.6. The summed E-state index contributed by atoms with van der Waals surface area (Å²) in [6.45, 7) is 22.3. The fraction of sp³-hybridized carbons (Fsp3) is 0.427. The van der Waals surface area contributed by atoms with Crippen LogP contribution in [0.15, 0.2) is 140 Å². The van der Waals surface area contributed by atoms with E-state index in [2.05, 4.69) is 132 Å². The molecule has 9 aliphatic heterocycles. The van der Waals surface area contributed by atoms with Crippen molar-refractivity contribution in [3.8, 4) is 47.7 Å². The average molecular weight is 1810 g/mol. The monoisotopic (exact) mass is 1800 g/mol. The molecule has 9 aromatic rings. The molecule has 19 rings (SSSR count). The van der Waals surface area contributed by atoms with E-state index >= 15 is 0 Å². The number of hydrogen-bond acceptors (Lipinski definition) is 27. The van der Waals surface area contributed by atoms with Crippen LogP contribution in [0.3, 0.4) is 0 Å². The van der Waals surface area contributed by atoms with Gasteiger partial charge in [-0.2, -0.15) is 45.7 Å². The summed E-state index contributed by atoms with van der Waals surface area (Å²) < 4.78 is 19.4. The number of halogens is 1. The number of hydrogen-bond donors (Lipinski definition) is 2. The summed E-state index contributed by atoms with van der Waals surface area (Å²) >= 11 is 3.60. The molecular formula is C96H105BrN22O10. The summed E-state index contributed by atoms with van der Waals surface area (Å²) in [5, 5.41) is 54.1. The molecule has 0 saturated carbocycles. The van der Waals surface area contributed by atoms with Crippen LogP contribution in [0.5, 0.6) is 29.5 Å². The fourth-order valence-electron chi connectivity index (χ4n) is 20.2. The number of piperazine rings is 3. The van der Waals surface area contributed by atoms with Gasteiger partial charge in [-0.25, -0.2) is 0 Å². The minimum atomic E-state index is -0.329. The van der Waals surface area contributed by atoms with Crippen molar-refractivity contribution in [2.24, 2.45) is 0 Å². The van der Waals surface area contributed by atoms with Crippen LogP contribution in [0.4, 0.5) is 17.5 Å². The molecule has 4 aromatic heterocycles. The van der Waals surface area contributed by atoms with E-state index in [1.165, 1.54) is 29.2 Å². The van der Waals surface area contributed by atoms with Crippen LogP contribution in [0.25, 0.3) is 32.4 Å². The van der Waals surface area contributed by atoms with Gasteiger partial charge in [0.25, 0.3) is 11.8 Å². The van der Waals surface area contributed by atoms with Gasteiger partial charge < -0.3 is 78.3 Å². The Bertz CT molecular complexity index is 5770. The first-order valence-electron chi connectivity index (χ1n) is 44.3. The second kappa shape index (κ2) is 38.5. The normalized spacial score (nSPS) is 21.3. The van der Waals surface area contributed by atoms with Crippen molar-refractivity contribution < 1.29 is 48.4 Å². The molecule has 7 atom stereocenters. The van der Waals surface area contributed by atoms with Crippen LogP contribution in [0.1, 0.15) is 129 Å². The number of likely N-dealkylation sites (N-methyl/N-ethyl adjacent to an activating group) is 3.